The number of hydrogen-bond acceptors (Lipinski definition) is 4. The molecule has 0 aromatic heterocycles. The molecule has 0 fully saturated rings. The lowest BCUT2D eigenvalue weighted by atomic mass is 10.0. The van der Waals surface area contributed by atoms with Crippen LogP contribution in [0.15, 0.2) is 29.6 Å². The van der Waals surface area contributed by atoms with E-state index in [9.17, 15) is 9.70 Å². The van der Waals surface area contributed by atoms with Gasteiger partial charge in [-0.1, -0.05) is 12.1 Å². The number of aliphatic hydroxyl groups is 1. The van der Waals surface area contributed by atoms with Crippen molar-refractivity contribution in [1.29, 1.82) is 0 Å². The molecule has 72 valence electrons. The van der Waals surface area contributed by atoms with Gasteiger partial charge in [-0.2, -0.15) is 0 Å². The van der Waals surface area contributed by atoms with Crippen molar-refractivity contribution in [2.24, 2.45) is 5.18 Å². The van der Waals surface area contributed by atoms with E-state index in [4.69, 9.17) is 5.11 Å². The van der Waals surface area contributed by atoms with Crippen LogP contribution >= 0.6 is 0 Å². The molecule has 1 rings (SSSR count). The molecule has 0 saturated carbocycles. The summed E-state index contributed by atoms with van der Waals surface area (Å²) in [6.07, 6.45) is 2.05. The SMILES string of the molecule is CC(=O)c1cccc(N=O)c1/C=C\O. The van der Waals surface area contributed by atoms with Gasteiger partial charge in [0.15, 0.2) is 5.78 Å². The predicted molar refractivity (Wildman–Crippen MR) is 53.6 cm³/mol. The van der Waals surface area contributed by atoms with E-state index in [0.717, 1.165) is 6.26 Å². The third-order valence-corrected chi connectivity index (χ3v) is 1.80. The van der Waals surface area contributed by atoms with Crippen LogP contribution in [0.2, 0.25) is 0 Å². The average Bonchev–Trinajstić information content (AvgIpc) is 2.18. The molecule has 0 bridgehead atoms. The van der Waals surface area contributed by atoms with E-state index in [0.29, 0.717) is 11.1 Å². The van der Waals surface area contributed by atoms with Gasteiger partial charge in [0.2, 0.25) is 0 Å². The van der Waals surface area contributed by atoms with E-state index in [2.05, 4.69) is 5.18 Å². The summed E-state index contributed by atoms with van der Waals surface area (Å²) in [5.41, 5.74) is 0.855. The van der Waals surface area contributed by atoms with Gasteiger partial charge in [-0.05, 0) is 24.2 Å². The molecule has 4 heteroatoms. The Balaban J connectivity index is 3.42. The molecule has 0 amide bonds. The summed E-state index contributed by atoms with van der Waals surface area (Å²) in [5.74, 6) is -0.177. The molecule has 0 aliphatic rings. The number of hydrogen-bond donors (Lipinski definition) is 1. The van der Waals surface area contributed by atoms with Crippen molar-refractivity contribution in [2.75, 3.05) is 0 Å². The van der Waals surface area contributed by atoms with Gasteiger partial charge in [0.05, 0.1) is 6.26 Å². The Kier molecular flexibility index (Phi) is 3.12. The van der Waals surface area contributed by atoms with Crippen molar-refractivity contribution in [3.05, 3.63) is 40.5 Å². The van der Waals surface area contributed by atoms with Crippen LogP contribution in [0, 0.1) is 4.91 Å². The molecule has 0 saturated heterocycles. The zero-order valence-electron chi connectivity index (χ0n) is 7.60. The Morgan fingerprint density at radius 1 is 1.50 bits per heavy atom. The van der Waals surface area contributed by atoms with E-state index >= 15 is 0 Å². The lowest BCUT2D eigenvalue weighted by Gasteiger charge is -2.02. The topological polar surface area (TPSA) is 66.7 Å². The predicted octanol–water partition coefficient (Wildman–Crippen LogP) is 2.82. The molecule has 0 unspecified atom stereocenters. The first kappa shape index (κ1) is 10.1. The highest BCUT2D eigenvalue weighted by Crippen LogP contribution is 2.24. The summed E-state index contributed by atoms with van der Waals surface area (Å²) in [6, 6.07) is 4.63. The first-order valence-corrected chi connectivity index (χ1v) is 3.98. The van der Waals surface area contributed by atoms with Crippen molar-refractivity contribution in [3.8, 4) is 0 Å². The van der Waals surface area contributed by atoms with Gasteiger partial charge >= 0.3 is 0 Å². The van der Waals surface area contributed by atoms with Crippen molar-refractivity contribution < 1.29 is 9.90 Å². The highest BCUT2D eigenvalue weighted by molar-refractivity contribution is 5.99. The fourth-order valence-corrected chi connectivity index (χ4v) is 1.19. The van der Waals surface area contributed by atoms with E-state index in [1.54, 1.807) is 12.1 Å². The minimum absolute atomic E-state index is 0.142. The first-order chi connectivity index (χ1) is 6.70. The molecule has 0 spiro atoms. The van der Waals surface area contributed by atoms with Gasteiger partial charge < -0.3 is 5.11 Å². The second-order valence-corrected chi connectivity index (χ2v) is 2.70. The molecule has 0 aliphatic carbocycles. The molecular formula is C10H9NO3. The van der Waals surface area contributed by atoms with Gasteiger partial charge in [0.25, 0.3) is 0 Å². The molecule has 4 nitrogen and oxygen atoms in total. The largest absolute Gasteiger partial charge is 0.516 e. The lowest BCUT2D eigenvalue weighted by molar-refractivity contribution is 0.101. The molecule has 14 heavy (non-hydrogen) atoms. The fourth-order valence-electron chi connectivity index (χ4n) is 1.19. The van der Waals surface area contributed by atoms with Gasteiger partial charge in [0.1, 0.15) is 5.69 Å². The summed E-state index contributed by atoms with van der Waals surface area (Å²) in [6.45, 7) is 1.39. The normalized spacial score (nSPS) is 10.4. The summed E-state index contributed by atoms with van der Waals surface area (Å²) >= 11 is 0. The van der Waals surface area contributed by atoms with Crippen molar-refractivity contribution in [1.82, 2.24) is 0 Å². The zero-order valence-corrected chi connectivity index (χ0v) is 7.60. The number of aliphatic hydroxyl groups excluding tert-OH is 1. The third kappa shape index (κ3) is 1.85. The summed E-state index contributed by atoms with van der Waals surface area (Å²) in [4.78, 5) is 21.6. The second kappa shape index (κ2) is 4.32. The molecule has 0 atom stereocenters. The van der Waals surface area contributed by atoms with Crippen LogP contribution in [0.25, 0.3) is 6.08 Å². The van der Waals surface area contributed by atoms with Gasteiger partial charge in [0, 0.05) is 11.1 Å². The summed E-state index contributed by atoms with van der Waals surface area (Å²) in [5, 5.41) is 11.4. The Hall–Kier alpha value is -1.97. The minimum atomic E-state index is -0.177. The number of nitroso groups, excluding NO2 is 1. The van der Waals surface area contributed by atoms with E-state index in [1.165, 1.54) is 19.1 Å². The quantitative estimate of drug-likeness (QED) is 0.453. The van der Waals surface area contributed by atoms with Crippen LogP contribution in [-0.4, -0.2) is 10.9 Å². The summed E-state index contributed by atoms with van der Waals surface area (Å²) < 4.78 is 0. The number of rotatable bonds is 3. The van der Waals surface area contributed by atoms with Crippen LogP contribution in [0.1, 0.15) is 22.8 Å². The Morgan fingerprint density at radius 3 is 2.71 bits per heavy atom. The highest BCUT2D eigenvalue weighted by atomic mass is 16.3. The van der Waals surface area contributed by atoms with Crippen molar-refractivity contribution >= 4 is 17.5 Å². The first-order valence-electron chi connectivity index (χ1n) is 3.98. The maximum atomic E-state index is 11.1. The van der Waals surface area contributed by atoms with Crippen molar-refractivity contribution in [2.45, 2.75) is 6.92 Å². The van der Waals surface area contributed by atoms with E-state index in [1.807, 2.05) is 0 Å². The Morgan fingerprint density at radius 2 is 2.21 bits per heavy atom. The number of Topliss-reactive ketones (excluding diaryl/α,β-unsaturated/α-hetero) is 1. The molecule has 1 N–H and O–H groups in total. The van der Waals surface area contributed by atoms with Gasteiger partial charge in [-0.3, -0.25) is 4.79 Å². The van der Waals surface area contributed by atoms with Crippen LogP contribution in [0.5, 0.6) is 0 Å². The number of nitrogens with zero attached hydrogens (tertiary/aromatic N) is 1. The van der Waals surface area contributed by atoms with E-state index in [-0.39, 0.29) is 11.5 Å². The minimum Gasteiger partial charge on any atom is -0.516 e. The van der Waals surface area contributed by atoms with E-state index < -0.39 is 0 Å². The highest BCUT2D eigenvalue weighted by Gasteiger charge is 2.09. The maximum absolute atomic E-state index is 11.1. The Bertz CT molecular complexity index is 396. The molecule has 1 aromatic carbocycles. The number of ketones is 1. The number of carbonyl (C=O) groups excluding carboxylic acids is 1. The molecule has 1 aromatic rings. The smallest absolute Gasteiger partial charge is 0.160 e. The molecule has 0 aliphatic heterocycles. The van der Waals surface area contributed by atoms with Crippen LogP contribution in [-0.2, 0) is 0 Å². The number of carbonyl (C=O) groups is 1. The standard InChI is InChI=1S/C10H9NO3/c1-7(13)8-3-2-4-10(11-14)9(8)5-6-12/h2-6,12H,1H3/b6-5-. The zero-order chi connectivity index (χ0) is 10.6. The maximum Gasteiger partial charge on any atom is 0.160 e. The van der Waals surface area contributed by atoms with Crippen molar-refractivity contribution in [3.63, 3.8) is 0 Å². The second-order valence-electron chi connectivity index (χ2n) is 2.70. The van der Waals surface area contributed by atoms with Gasteiger partial charge in [-0.15, -0.1) is 4.91 Å². The Labute approximate surface area is 80.9 Å². The lowest BCUT2D eigenvalue weighted by Crippen LogP contribution is -1.95. The van der Waals surface area contributed by atoms with Gasteiger partial charge in [-0.25, -0.2) is 0 Å². The van der Waals surface area contributed by atoms with Crippen LogP contribution in [0.3, 0.4) is 0 Å². The van der Waals surface area contributed by atoms with Crippen LogP contribution in [0.4, 0.5) is 5.69 Å². The molecular weight excluding hydrogens is 182 g/mol. The average molecular weight is 191 g/mol. The fraction of sp³-hybridized carbons (Fsp3) is 0.100. The number of benzene rings is 1. The van der Waals surface area contributed by atoms with Crippen LogP contribution < -0.4 is 0 Å². The third-order valence-electron chi connectivity index (χ3n) is 1.80. The summed E-state index contributed by atoms with van der Waals surface area (Å²) in [7, 11) is 0. The molecule has 0 heterocycles. The monoisotopic (exact) mass is 191 g/mol. The molecule has 0 radical (unpaired) electrons.